The minimum absolute atomic E-state index is 0.0157. The first kappa shape index (κ1) is 13.3. The van der Waals surface area contributed by atoms with Gasteiger partial charge in [0.25, 0.3) is 0 Å². The summed E-state index contributed by atoms with van der Waals surface area (Å²) in [6, 6.07) is 3.62. The number of carbonyl (C=O) groups is 2. The van der Waals surface area contributed by atoms with Gasteiger partial charge in [-0.1, -0.05) is 6.92 Å². The number of halogens is 1. The molecule has 2 rings (SSSR count). The van der Waals surface area contributed by atoms with E-state index in [1.165, 1.54) is 0 Å². The number of aryl methyl sites for hydroxylation is 1. The summed E-state index contributed by atoms with van der Waals surface area (Å²) in [6.07, 6.45) is 2.17. The Balaban J connectivity index is 2.36. The molecule has 0 heterocycles. The van der Waals surface area contributed by atoms with E-state index in [-0.39, 0.29) is 17.7 Å². The zero-order chi connectivity index (χ0) is 13.3. The first-order valence-electron chi connectivity index (χ1n) is 6.08. The Bertz CT molecular complexity index is 504. The highest BCUT2D eigenvalue weighted by atomic mass is 79.9. The molecule has 1 aliphatic carbocycles. The van der Waals surface area contributed by atoms with E-state index in [9.17, 15) is 9.59 Å². The maximum absolute atomic E-state index is 11.9. The van der Waals surface area contributed by atoms with Crippen LogP contribution in [0.5, 0.6) is 5.75 Å². The standard InChI is InChI=1S/C14H15BrO3/c1-3-12(16)10-6-8(2)7-11(15)13(10)18-14(17)9-4-5-9/h6-7,9H,3-5H2,1-2H3. The smallest absolute Gasteiger partial charge is 0.314 e. The second-order valence-electron chi connectivity index (χ2n) is 4.60. The topological polar surface area (TPSA) is 43.4 Å². The van der Waals surface area contributed by atoms with Crippen LogP contribution in [0.4, 0.5) is 0 Å². The third kappa shape index (κ3) is 2.80. The Morgan fingerprint density at radius 2 is 2.06 bits per heavy atom. The van der Waals surface area contributed by atoms with Crippen molar-refractivity contribution in [3.63, 3.8) is 0 Å². The molecule has 0 unspecified atom stereocenters. The second-order valence-corrected chi connectivity index (χ2v) is 5.45. The fourth-order valence-corrected chi connectivity index (χ4v) is 2.39. The molecule has 1 fully saturated rings. The van der Waals surface area contributed by atoms with Crippen LogP contribution in [0.2, 0.25) is 0 Å². The van der Waals surface area contributed by atoms with E-state index in [1.807, 2.05) is 13.0 Å². The van der Waals surface area contributed by atoms with Crippen molar-refractivity contribution < 1.29 is 14.3 Å². The molecule has 0 bridgehead atoms. The number of Topliss-reactive ketones (excluding diaryl/α,β-unsaturated/α-hetero) is 1. The zero-order valence-electron chi connectivity index (χ0n) is 10.5. The van der Waals surface area contributed by atoms with Gasteiger partial charge in [-0.15, -0.1) is 0 Å². The molecular weight excluding hydrogens is 296 g/mol. The molecule has 1 aromatic carbocycles. The van der Waals surface area contributed by atoms with Crippen molar-refractivity contribution in [3.05, 3.63) is 27.7 Å². The summed E-state index contributed by atoms with van der Waals surface area (Å²) in [5, 5.41) is 0. The third-order valence-corrected chi connectivity index (χ3v) is 3.51. The van der Waals surface area contributed by atoms with E-state index in [1.54, 1.807) is 13.0 Å². The quantitative estimate of drug-likeness (QED) is 0.484. The molecular formula is C14H15BrO3. The van der Waals surface area contributed by atoms with Gasteiger partial charge >= 0.3 is 5.97 Å². The van der Waals surface area contributed by atoms with Gasteiger partial charge < -0.3 is 4.74 Å². The molecule has 0 spiro atoms. The predicted octanol–water partition coefficient (Wildman–Crippen LogP) is 3.67. The molecule has 1 saturated carbocycles. The number of ether oxygens (including phenoxy) is 1. The molecule has 18 heavy (non-hydrogen) atoms. The predicted molar refractivity (Wildman–Crippen MR) is 71.9 cm³/mol. The van der Waals surface area contributed by atoms with Crippen LogP contribution < -0.4 is 4.74 Å². The van der Waals surface area contributed by atoms with Crippen LogP contribution in [0, 0.1) is 12.8 Å². The van der Waals surface area contributed by atoms with Gasteiger partial charge in [0.15, 0.2) is 11.5 Å². The number of hydrogen-bond acceptors (Lipinski definition) is 3. The normalized spacial score (nSPS) is 14.4. The summed E-state index contributed by atoms with van der Waals surface area (Å²) in [5.74, 6) is 0.134. The Morgan fingerprint density at radius 1 is 1.39 bits per heavy atom. The molecule has 0 aliphatic heterocycles. The maximum atomic E-state index is 11.9. The molecule has 96 valence electrons. The molecule has 3 nitrogen and oxygen atoms in total. The van der Waals surface area contributed by atoms with Crippen LogP contribution in [0.25, 0.3) is 0 Å². The fraction of sp³-hybridized carbons (Fsp3) is 0.429. The van der Waals surface area contributed by atoms with Gasteiger partial charge in [0, 0.05) is 6.42 Å². The van der Waals surface area contributed by atoms with E-state index in [2.05, 4.69) is 15.9 Å². The van der Waals surface area contributed by atoms with Crippen LogP contribution in [-0.2, 0) is 4.79 Å². The van der Waals surface area contributed by atoms with Gasteiger partial charge in [-0.2, -0.15) is 0 Å². The van der Waals surface area contributed by atoms with E-state index in [0.717, 1.165) is 18.4 Å². The van der Waals surface area contributed by atoms with Crippen molar-refractivity contribution in [2.45, 2.75) is 33.1 Å². The van der Waals surface area contributed by atoms with Crippen LogP contribution in [0.1, 0.15) is 42.1 Å². The summed E-state index contributed by atoms with van der Waals surface area (Å²) in [7, 11) is 0. The first-order valence-corrected chi connectivity index (χ1v) is 6.87. The first-order chi connectivity index (χ1) is 8.52. The fourth-order valence-electron chi connectivity index (χ4n) is 1.73. The minimum Gasteiger partial charge on any atom is -0.424 e. The number of benzene rings is 1. The van der Waals surface area contributed by atoms with Crippen LogP contribution in [0.15, 0.2) is 16.6 Å². The molecule has 0 radical (unpaired) electrons. The molecule has 0 N–H and O–H groups in total. The van der Waals surface area contributed by atoms with Crippen molar-refractivity contribution in [3.8, 4) is 5.75 Å². The Morgan fingerprint density at radius 3 is 2.61 bits per heavy atom. The highest BCUT2D eigenvalue weighted by molar-refractivity contribution is 9.10. The van der Waals surface area contributed by atoms with Crippen molar-refractivity contribution in [2.75, 3.05) is 0 Å². The average molecular weight is 311 g/mol. The number of ketones is 1. The number of carbonyl (C=O) groups excluding carboxylic acids is 2. The lowest BCUT2D eigenvalue weighted by molar-refractivity contribution is -0.135. The highest BCUT2D eigenvalue weighted by Gasteiger charge is 2.32. The van der Waals surface area contributed by atoms with Crippen molar-refractivity contribution in [1.82, 2.24) is 0 Å². The van der Waals surface area contributed by atoms with E-state index < -0.39 is 0 Å². The number of esters is 1. The summed E-state index contributed by atoms with van der Waals surface area (Å²) in [5.41, 5.74) is 1.45. The number of hydrogen-bond donors (Lipinski definition) is 0. The Hall–Kier alpha value is -1.16. The van der Waals surface area contributed by atoms with Gasteiger partial charge in [0.2, 0.25) is 0 Å². The molecule has 1 aliphatic rings. The average Bonchev–Trinajstić information content (AvgIpc) is 3.15. The van der Waals surface area contributed by atoms with E-state index in [0.29, 0.717) is 22.2 Å². The van der Waals surface area contributed by atoms with Crippen molar-refractivity contribution in [1.29, 1.82) is 0 Å². The lowest BCUT2D eigenvalue weighted by Gasteiger charge is -2.11. The number of rotatable bonds is 4. The molecule has 4 heteroatoms. The van der Waals surface area contributed by atoms with Gasteiger partial charge in [-0.05, 0) is 53.4 Å². The van der Waals surface area contributed by atoms with E-state index >= 15 is 0 Å². The van der Waals surface area contributed by atoms with Gasteiger partial charge in [-0.3, -0.25) is 9.59 Å². The third-order valence-electron chi connectivity index (χ3n) is 2.92. The van der Waals surface area contributed by atoms with Gasteiger partial charge in [-0.25, -0.2) is 0 Å². The van der Waals surface area contributed by atoms with Crippen molar-refractivity contribution >= 4 is 27.7 Å². The second kappa shape index (κ2) is 5.22. The minimum atomic E-state index is -0.232. The van der Waals surface area contributed by atoms with Crippen LogP contribution in [0.3, 0.4) is 0 Å². The zero-order valence-corrected chi connectivity index (χ0v) is 12.0. The lowest BCUT2D eigenvalue weighted by atomic mass is 10.0. The van der Waals surface area contributed by atoms with Crippen molar-refractivity contribution in [2.24, 2.45) is 5.92 Å². The molecule has 0 amide bonds. The summed E-state index contributed by atoms with van der Waals surface area (Å²) >= 11 is 3.36. The van der Waals surface area contributed by atoms with Gasteiger partial charge in [0.05, 0.1) is 16.0 Å². The largest absolute Gasteiger partial charge is 0.424 e. The maximum Gasteiger partial charge on any atom is 0.314 e. The summed E-state index contributed by atoms with van der Waals surface area (Å²) in [4.78, 5) is 23.6. The van der Waals surface area contributed by atoms with Gasteiger partial charge in [0.1, 0.15) is 0 Å². The molecule has 0 aromatic heterocycles. The van der Waals surface area contributed by atoms with Crippen LogP contribution in [-0.4, -0.2) is 11.8 Å². The summed E-state index contributed by atoms with van der Waals surface area (Å²) in [6.45, 7) is 3.70. The monoisotopic (exact) mass is 310 g/mol. The molecule has 1 aromatic rings. The molecule has 0 atom stereocenters. The Kier molecular flexibility index (Phi) is 3.85. The SMILES string of the molecule is CCC(=O)c1cc(C)cc(Br)c1OC(=O)C1CC1. The lowest BCUT2D eigenvalue weighted by Crippen LogP contribution is -2.13. The highest BCUT2D eigenvalue weighted by Crippen LogP contribution is 2.35. The van der Waals surface area contributed by atoms with Crippen LogP contribution >= 0.6 is 15.9 Å². The Labute approximate surface area is 115 Å². The molecule has 0 saturated heterocycles. The summed E-state index contributed by atoms with van der Waals surface area (Å²) < 4.78 is 6.03. The van der Waals surface area contributed by atoms with E-state index in [4.69, 9.17) is 4.74 Å².